The molecule has 0 radical (unpaired) electrons. The van der Waals surface area contributed by atoms with Crippen molar-refractivity contribution < 1.29 is 19.4 Å². The minimum Gasteiger partial charge on any atom is -0.387 e. The molecule has 1 saturated heterocycles. The van der Waals surface area contributed by atoms with Gasteiger partial charge < -0.3 is 9.84 Å². The number of benzene rings is 2. The van der Waals surface area contributed by atoms with E-state index in [0.717, 1.165) is 15.7 Å². The molecule has 5 heteroatoms. The molecule has 1 heterocycles. The van der Waals surface area contributed by atoms with Crippen LogP contribution in [0, 0.1) is 0 Å². The molecule has 2 aromatic carbocycles. The van der Waals surface area contributed by atoms with E-state index in [-0.39, 0.29) is 19.8 Å². The fourth-order valence-electron chi connectivity index (χ4n) is 2.42. The van der Waals surface area contributed by atoms with Gasteiger partial charge in [-0.3, -0.25) is 14.5 Å². The van der Waals surface area contributed by atoms with Crippen LogP contribution in [0.5, 0.6) is 0 Å². The van der Waals surface area contributed by atoms with Crippen LogP contribution in [0.2, 0.25) is 0 Å². The van der Waals surface area contributed by atoms with Crippen molar-refractivity contribution in [2.24, 2.45) is 0 Å². The Bertz CT molecular complexity index is 681. The Kier molecular flexibility index (Phi) is 3.68. The van der Waals surface area contributed by atoms with Crippen molar-refractivity contribution in [1.82, 2.24) is 4.90 Å². The molecule has 21 heavy (non-hydrogen) atoms. The van der Waals surface area contributed by atoms with E-state index < -0.39 is 17.9 Å². The smallest absolute Gasteiger partial charge is 0.255 e. The van der Waals surface area contributed by atoms with Crippen LogP contribution in [0.4, 0.5) is 0 Å². The second-order valence-corrected chi connectivity index (χ2v) is 5.01. The van der Waals surface area contributed by atoms with E-state index in [9.17, 15) is 14.7 Å². The number of rotatable bonds is 3. The second kappa shape index (κ2) is 5.63. The fourth-order valence-corrected chi connectivity index (χ4v) is 2.42. The Balaban J connectivity index is 1.81. The quantitative estimate of drug-likeness (QED) is 0.862. The summed E-state index contributed by atoms with van der Waals surface area (Å²) in [4.78, 5) is 24.4. The minimum atomic E-state index is -0.902. The summed E-state index contributed by atoms with van der Waals surface area (Å²) in [7, 11) is 0. The Morgan fingerprint density at radius 1 is 1.05 bits per heavy atom. The zero-order valence-electron chi connectivity index (χ0n) is 11.4. The number of amides is 2. The molecule has 108 valence electrons. The summed E-state index contributed by atoms with van der Waals surface area (Å²) in [6.45, 7) is -0.272. The number of carbonyl (C=O) groups is 2. The van der Waals surface area contributed by atoms with Gasteiger partial charge in [0.15, 0.2) is 0 Å². The van der Waals surface area contributed by atoms with E-state index >= 15 is 0 Å². The van der Waals surface area contributed by atoms with E-state index in [1.165, 1.54) is 0 Å². The maximum Gasteiger partial charge on any atom is 0.255 e. The lowest BCUT2D eigenvalue weighted by molar-refractivity contribution is -0.160. The van der Waals surface area contributed by atoms with E-state index in [0.29, 0.717) is 5.56 Å². The van der Waals surface area contributed by atoms with Gasteiger partial charge in [-0.25, -0.2) is 0 Å². The molecule has 2 amide bonds. The number of aliphatic hydroxyl groups is 1. The third-order valence-corrected chi connectivity index (χ3v) is 3.57. The summed E-state index contributed by atoms with van der Waals surface area (Å²) in [5, 5.41) is 12.4. The molecule has 5 nitrogen and oxygen atoms in total. The number of nitrogens with zero attached hydrogens (tertiary/aromatic N) is 1. The van der Waals surface area contributed by atoms with Crippen LogP contribution in [0.1, 0.15) is 11.7 Å². The third kappa shape index (κ3) is 2.79. The molecule has 2 aromatic rings. The summed E-state index contributed by atoms with van der Waals surface area (Å²) in [6.07, 6.45) is -0.902. The Morgan fingerprint density at radius 2 is 1.71 bits per heavy atom. The van der Waals surface area contributed by atoms with Crippen molar-refractivity contribution in [2.75, 3.05) is 19.8 Å². The molecule has 1 fully saturated rings. The van der Waals surface area contributed by atoms with Crippen molar-refractivity contribution in [3.8, 4) is 0 Å². The molecule has 3 rings (SSSR count). The van der Waals surface area contributed by atoms with Gasteiger partial charge in [-0.15, -0.1) is 0 Å². The highest BCUT2D eigenvalue weighted by Gasteiger charge is 2.28. The first-order valence-electron chi connectivity index (χ1n) is 6.73. The summed E-state index contributed by atoms with van der Waals surface area (Å²) in [6, 6.07) is 13.4. The maximum atomic E-state index is 11.7. The lowest BCUT2D eigenvalue weighted by Gasteiger charge is -2.27. The molecule has 0 aliphatic carbocycles. The molecule has 1 atom stereocenters. The first-order valence-corrected chi connectivity index (χ1v) is 6.73. The Labute approximate surface area is 121 Å². The number of morpholine rings is 1. The molecular formula is C16H15NO4. The fraction of sp³-hybridized carbons (Fsp3) is 0.250. The lowest BCUT2D eigenvalue weighted by atomic mass is 10.0. The molecule has 0 saturated carbocycles. The van der Waals surface area contributed by atoms with Crippen LogP contribution >= 0.6 is 0 Å². The highest BCUT2D eigenvalue weighted by atomic mass is 16.5. The molecule has 0 aromatic heterocycles. The summed E-state index contributed by atoms with van der Waals surface area (Å²) in [5.41, 5.74) is 0.681. The molecular weight excluding hydrogens is 270 g/mol. The molecule has 0 spiro atoms. The van der Waals surface area contributed by atoms with Crippen molar-refractivity contribution >= 4 is 22.6 Å². The SMILES string of the molecule is O=C1COCC(=O)N1CC(O)c1ccc2ccccc2c1. The number of hydrogen-bond acceptors (Lipinski definition) is 4. The zero-order valence-corrected chi connectivity index (χ0v) is 11.4. The van der Waals surface area contributed by atoms with Gasteiger partial charge in [-0.1, -0.05) is 36.4 Å². The monoisotopic (exact) mass is 285 g/mol. The highest BCUT2D eigenvalue weighted by molar-refractivity contribution is 5.98. The van der Waals surface area contributed by atoms with Crippen molar-refractivity contribution in [3.63, 3.8) is 0 Å². The Hall–Kier alpha value is -2.24. The number of imide groups is 1. The Morgan fingerprint density at radius 3 is 2.43 bits per heavy atom. The molecule has 1 unspecified atom stereocenters. The van der Waals surface area contributed by atoms with Crippen molar-refractivity contribution in [3.05, 3.63) is 48.0 Å². The first kappa shape index (κ1) is 13.7. The van der Waals surface area contributed by atoms with Gasteiger partial charge in [0.25, 0.3) is 11.8 Å². The van der Waals surface area contributed by atoms with Gasteiger partial charge in [-0.05, 0) is 22.4 Å². The van der Waals surface area contributed by atoms with Crippen LogP contribution in [-0.4, -0.2) is 41.6 Å². The number of ether oxygens (including phenoxy) is 1. The molecule has 1 aliphatic rings. The predicted octanol–water partition coefficient (Wildman–Crippen LogP) is 1.26. The predicted molar refractivity (Wildman–Crippen MR) is 76.4 cm³/mol. The largest absolute Gasteiger partial charge is 0.387 e. The first-order chi connectivity index (χ1) is 10.1. The maximum absolute atomic E-state index is 11.7. The molecule has 0 bridgehead atoms. The van der Waals surface area contributed by atoms with Crippen LogP contribution < -0.4 is 0 Å². The van der Waals surface area contributed by atoms with Crippen LogP contribution in [0.3, 0.4) is 0 Å². The third-order valence-electron chi connectivity index (χ3n) is 3.57. The summed E-state index contributed by atoms with van der Waals surface area (Å²) in [5.74, 6) is -0.822. The van der Waals surface area contributed by atoms with Crippen LogP contribution in [-0.2, 0) is 14.3 Å². The topological polar surface area (TPSA) is 66.8 Å². The van der Waals surface area contributed by atoms with Crippen molar-refractivity contribution in [1.29, 1.82) is 0 Å². The number of β-amino-alcohol motifs (C(OH)–C–C–N with tert-alkyl or cyclic N) is 1. The van der Waals surface area contributed by atoms with E-state index in [2.05, 4.69) is 0 Å². The number of carbonyl (C=O) groups excluding carboxylic acids is 2. The number of hydrogen-bond donors (Lipinski definition) is 1. The summed E-state index contributed by atoms with van der Waals surface area (Å²) < 4.78 is 4.85. The van der Waals surface area contributed by atoms with Gasteiger partial charge >= 0.3 is 0 Å². The van der Waals surface area contributed by atoms with Gasteiger partial charge in [0, 0.05) is 0 Å². The molecule has 1 N–H and O–H groups in total. The highest BCUT2D eigenvalue weighted by Crippen LogP contribution is 2.21. The van der Waals surface area contributed by atoms with E-state index in [1.54, 1.807) is 0 Å². The van der Waals surface area contributed by atoms with Crippen LogP contribution in [0.15, 0.2) is 42.5 Å². The average molecular weight is 285 g/mol. The summed E-state index contributed by atoms with van der Waals surface area (Å²) >= 11 is 0. The van der Waals surface area contributed by atoms with Crippen LogP contribution in [0.25, 0.3) is 10.8 Å². The molecule has 1 aliphatic heterocycles. The standard InChI is InChI=1S/C16H15NO4/c18-14(8-17-15(19)9-21-10-16(17)20)13-6-5-11-3-1-2-4-12(11)7-13/h1-7,14,18H,8-10H2. The number of aliphatic hydroxyl groups excluding tert-OH is 1. The average Bonchev–Trinajstić information content (AvgIpc) is 2.50. The van der Waals surface area contributed by atoms with E-state index in [4.69, 9.17) is 4.74 Å². The lowest BCUT2D eigenvalue weighted by Crippen LogP contribution is -2.47. The van der Waals surface area contributed by atoms with Gasteiger partial charge in [0.05, 0.1) is 12.6 Å². The van der Waals surface area contributed by atoms with Gasteiger partial charge in [0.1, 0.15) is 13.2 Å². The van der Waals surface area contributed by atoms with E-state index in [1.807, 2.05) is 42.5 Å². The van der Waals surface area contributed by atoms with Gasteiger partial charge in [0.2, 0.25) is 0 Å². The van der Waals surface area contributed by atoms with Gasteiger partial charge in [-0.2, -0.15) is 0 Å². The normalized spacial score (nSPS) is 17.3. The second-order valence-electron chi connectivity index (χ2n) is 5.01. The zero-order chi connectivity index (χ0) is 14.8. The minimum absolute atomic E-state index is 0.0423. The number of fused-ring (bicyclic) bond motifs is 1. The van der Waals surface area contributed by atoms with Crippen molar-refractivity contribution in [2.45, 2.75) is 6.10 Å².